The molecule has 0 unspecified atom stereocenters. The van der Waals surface area contributed by atoms with Crippen molar-refractivity contribution in [1.82, 2.24) is 14.2 Å². The third-order valence-corrected chi connectivity index (χ3v) is 9.88. The topological polar surface area (TPSA) is 97.7 Å². The standard InChI is InChI=1S/C32H35N3O5S/c1-21(2)41(38,39)33-31(36)24-12-13-27-28(19-24)35-20-25(32(37)34-14-16-40-17-15-34)18-23-10-6-7-11-26(23)30(35)29(27)22-8-4-3-5-9-22/h6-7,10-13,18-19,22H,1,3-5,8-9,14-17,20H2,2H3,(H,33,36). The Kier molecular flexibility index (Phi) is 7.34. The summed E-state index contributed by atoms with van der Waals surface area (Å²) in [4.78, 5) is 28.6. The van der Waals surface area contributed by atoms with Crippen molar-refractivity contribution in [3.63, 3.8) is 0 Å². The number of benzene rings is 2. The summed E-state index contributed by atoms with van der Waals surface area (Å²) in [5.41, 5.74) is 6.11. The second kappa shape index (κ2) is 10.9. The van der Waals surface area contributed by atoms with Gasteiger partial charge in [-0.3, -0.25) is 9.59 Å². The molecule has 1 saturated heterocycles. The first-order valence-electron chi connectivity index (χ1n) is 14.3. The van der Waals surface area contributed by atoms with E-state index < -0.39 is 15.9 Å². The number of morpholine rings is 1. The van der Waals surface area contributed by atoms with Crippen molar-refractivity contribution < 1.29 is 22.7 Å². The molecule has 214 valence electrons. The minimum absolute atomic E-state index is 0.0153. The van der Waals surface area contributed by atoms with Crippen LogP contribution in [-0.2, 0) is 26.1 Å². The van der Waals surface area contributed by atoms with Crippen LogP contribution in [0.1, 0.15) is 66.4 Å². The molecule has 0 bridgehead atoms. The van der Waals surface area contributed by atoms with E-state index >= 15 is 0 Å². The van der Waals surface area contributed by atoms with Gasteiger partial charge in [-0.15, -0.1) is 0 Å². The second-order valence-corrected chi connectivity index (χ2v) is 13.1. The Bertz CT molecular complexity index is 1690. The van der Waals surface area contributed by atoms with Gasteiger partial charge < -0.3 is 14.2 Å². The normalized spacial score (nSPS) is 17.8. The van der Waals surface area contributed by atoms with E-state index in [2.05, 4.69) is 28.0 Å². The summed E-state index contributed by atoms with van der Waals surface area (Å²) in [6, 6.07) is 13.6. The quantitative estimate of drug-likeness (QED) is 0.452. The third-order valence-electron chi connectivity index (χ3n) is 8.51. The molecule has 6 rings (SSSR count). The Balaban J connectivity index is 1.54. The fourth-order valence-electron chi connectivity index (χ4n) is 6.39. The highest BCUT2D eigenvalue weighted by Gasteiger charge is 2.31. The van der Waals surface area contributed by atoms with E-state index in [-0.39, 0.29) is 16.4 Å². The van der Waals surface area contributed by atoms with E-state index in [1.807, 2.05) is 29.2 Å². The number of ether oxygens (including phenoxy) is 1. The first-order chi connectivity index (χ1) is 19.7. The lowest BCUT2D eigenvalue weighted by molar-refractivity contribution is -0.131. The summed E-state index contributed by atoms with van der Waals surface area (Å²) >= 11 is 0. The number of carbonyl (C=O) groups is 2. The van der Waals surface area contributed by atoms with Gasteiger partial charge in [-0.1, -0.05) is 56.2 Å². The molecule has 8 nitrogen and oxygen atoms in total. The molecule has 0 atom stereocenters. The highest BCUT2D eigenvalue weighted by Crippen LogP contribution is 2.46. The Labute approximate surface area is 240 Å². The smallest absolute Gasteiger partial charge is 0.265 e. The molecule has 1 aromatic heterocycles. The molecule has 0 spiro atoms. The molecule has 0 radical (unpaired) electrons. The lowest BCUT2D eigenvalue weighted by Crippen LogP contribution is -2.41. The van der Waals surface area contributed by atoms with Crippen molar-refractivity contribution in [1.29, 1.82) is 0 Å². The maximum atomic E-state index is 13.8. The summed E-state index contributed by atoms with van der Waals surface area (Å²) in [5, 5.41) is 1.04. The van der Waals surface area contributed by atoms with Crippen molar-refractivity contribution >= 4 is 38.8 Å². The molecule has 3 aromatic rings. The maximum Gasteiger partial charge on any atom is 0.265 e. The van der Waals surface area contributed by atoms with Crippen molar-refractivity contribution in [2.45, 2.75) is 51.5 Å². The van der Waals surface area contributed by atoms with E-state index in [9.17, 15) is 18.0 Å². The molecule has 1 N–H and O–H groups in total. The molecule has 2 amide bonds. The summed E-state index contributed by atoms with van der Waals surface area (Å²) < 4.78 is 34.5. The van der Waals surface area contributed by atoms with Gasteiger partial charge in [-0.05, 0) is 55.0 Å². The van der Waals surface area contributed by atoms with E-state index in [1.54, 1.807) is 12.1 Å². The SMILES string of the molecule is C=C(C)S(=O)(=O)NC(=O)c1ccc2c(C3CCCCC3)c3n(c2c1)CC(C(=O)N1CCOCC1)=Cc1ccccc1-3. The van der Waals surface area contributed by atoms with Crippen LogP contribution >= 0.6 is 0 Å². The van der Waals surface area contributed by atoms with Crippen molar-refractivity contribution in [3.8, 4) is 11.3 Å². The minimum atomic E-state index is -3.98. The second-order valence-electron chi connectivity index (χ2n) is 11.2. The van der Waals surface area contributed by atoms with Gasteiger partial charge in [0.15, 0.2) is 0 Å². The predicted molar refractivity (Wildman–Crippen MR) is 160 cm³/mol. The Morgan fingerprint density at radius 2 is 1.76 bits per heavy atom. The number of carbonyl (C=O) groups excluding carboxylic acids is 2. The van der Waals surface area contributed by atoms with Crippen LogP contribution in [0.3, 0.4) is 0 Å². The van der Waals surface area contributed by atoms with Gasteiger partial charge in [0.1, 0.15) is 0 Å². The zero-order valence-electron chi connectivity index (χ0n) is 23.3. The third kappa shape index (κ3) is 5.13. The van der Waals surface area contributed by atoms with Gasteiger partial charge in [-0.25, -0.2) is 13.1 Å². The van der Waals surface area contributed by atoms with Gasteiger partial charge in [0.05, 0.1) is 30.4 Å². The number of aromatic nitrogens is 1. The van der Waals surface area contributed by atoms with Crippen molar-refractivity contribution in [2.24, 2.45) is 0 Å². The number of nitrogens with zero attached hydrogens (tertiary/aromatic N) is 2. The van der Waals surface area contributed by atoms with Crippen molar-refractivity contribution in [3.05, 3.63) is 76.2 Å². The number of hydrogen-bond donors (Lipinski definition) is 1. The molecule has 1 saturated carbocycles. The first kappa shape index (κ1) is 27.5. The Morgan fingerprint density at radius 1 is 1.02 bits per heavy atom. The minimum Gasteiger partial charge on any atom is -0.378 e. The maximum absolute atomic E-state index is 13.8. The molecule has 2 fully saturated rings. The highest BCUT2D eigenvalue weighted by molar-refractivity contribution is 7.93. The van der Waals surface area contributed by atoms with Crippen LogP contribution in [0.4, 0.5) is 0 Å². The predicted octanol–water partition coefficient (Wildman–Crippen LogP) is 5.21. The number of nitrogens with one attached hydrogen (secondary N) is 1. The lowest BCUT2D eigenvalue weighted by atomic mass is 9.81. The Hall–Kier alpha value is -3.69. The number of amides is 2. The highest BCUT2D eigenvalue weighted by atomic mass is 32.2. The summed E-state index contributed by atoms with van der Waals surface area (Å²) in [6.45, 7) is 7.30. The Morgan fingerprint density at radius 3 is 2.49 bits per heavy atom. The van der Waals surface area contributed by atoms with Crippen LogP contribution in [-0.4, -0.2) is 56.0 Å². The van der Waals surface area contributed by atoms with Gasteiger partial charge in [-0.2, -0.15) is 0 Å². The zero-order valence-corrected chi connectivity index (χ0v) is 24.1. The number of fused-ring (bicyclic) bond motifs is 5. The van der Waals surface area contributed by atoms with Crippen LogP contribution in [0.5, 0.6) is 0 Å². The molecular weight excluding hydrogens is 538 g/mol. The zero-order chi connectivity index (χ0) is 28.7. The molecule has 41 heavy (non-hydrogen) atoms. The van der Waals surface area contributed by atoms with Crippen molar-refractivity contribution in [2.75, 3.05) is 26.3 Å². The summed E-state index contributed by atoms with van der Waals surface area (Å²) in [7, 11) is -3.98. The number of rotatable bonds is 5. The largest absolute Gasteiger partial charge is 0.378 e. The van der Waals surface area contributed by atoms with Gasteiger partial charge in [0, 0.05) is 40.7 Å². The van der Waals surface area contributed by atoms with E-state index in [1.165, 1.54) is 18.9 Å². The lowest BCUT2D eigenvalue weighted by Gasteiger charge is -2.28. The molecular formula is C32H35N3O5S. The molecule has 3 heterocycles. The number of sulfonamides is 1. The molecule has 2 aromatic carbocycles. The van der Waals surface area contributed by atoms with Crippen LogP contribution in [0.15, 0.2) is 59.5 Å². The van der Waals surface area contributed by atoms with E-state index in [0.717, 1.165) is 53.4 Å². The van der Waals surface area contributed by atoms with Gasteiger partial charge >= 0.3 is 0 Å². The van der Waals surface area contributed by atoms with Gasteiger partial charge in [0.25, 0.3) is 21.8 Å². The fourth-order valence-corrected chi connectivity index (χ4v) is 6.92. The van der Waals surface area contributed by atoms with Gasteiger partial charge in [0.2, 0.25) is 0 Å². The van der Waals surface area contributed by atoms with E-state index in [0.29, 0.717) is 44.3 Å². The molecule has 3 aliphatic rings. The average molecular weight is 574 g/mol. The fraction of sp³-hybridized carbons (Fsp3) is 0.375. The molecule has 2 aliphatic heterocycles. The van der Waals surface area contributed by atoms with Crippen LogP contribution in [0.25, 0.3) is 28.2 Å². The van der Waals surface area contributed by atoms with Crippen LogP contribution in [0, 0.1) is 0 Å². The summed E-state index contributed by atoms with van der Waals surface area (Å²) in [5.74, 6) is -0.368. The average Bonchev–Trinajstić information content (AvgIpc) is 3.19. The monoisotopic (exact) mass is 573 g/mol. The number of hydrogen-bond acceptors (Lipinski definition) is 5. The first-order valence-corrected chi connectivity index (χ1v) is 15.8. The van der Waals surface area contributed by atoms with Crippen LogP contribution in [0.2, 0.25) is 0 Å². The molecule has 1 aliphatic carbocycles. The van der Waals surface area contributed by atoms with Crippen LogP contribution < -0.4 is 4.72 Å². The molecule has 9 heteroatoms. The number of allylic oxidation sites excluding steroid dienone is 1. The summed E-state index contributed by atoms with van der Waals surface area (Å²) in [6.07, 6.45) is 7.73. The van der Waals surface area contributed by atoms with E-state index in [4.69, 9.17) is 4.74 Å².